The van der Waals surface area contributed by atoms with Crippen molar-refractivity contribution >= 4 is 29.1 Å². The third kappa shape index (κ3) is 4.62. The summed E-state index contributed by atoms with van der Waals surface area (Å²) in [6.45, 7) is 4.67. The Labute approximate surface area is 170 Å². The number of ether oxygens (including phenoxy) is 1. The standard InChI is InChI=1S/C22H25N3O2S/c1-4-9-20-21(26)25(15-18-12-6-5-10-16(18)2)22(28-20)24-23-14-17-11-7-8-13-19(17)27-3/h5-8,10-14,20H,4,9,15H2,1-3H3/b23-14-,24-22+/t20-/m0/s1. The van der Waals surface area contributed by atoms with E-state index in [1.54, 1.807) is 18.2 Å². The van der Waals surface area contributed by atoms with Gasteiger partial charge in [-0.15, -0.1) is 5.10 Å². The monoisotopic (exact) mass is 395 g/mol. The highest BCUT2D eigenvalue weighted by atomic mass is 32.2. The largest absolute Gasteiger partial charge is 0.496 e. The number of rotatable bonds is 7. The molecule has 1 aliphatic rings. The highest BCUT2D eigenvalue weighted by molar-refractivity contribution is 8.15. The van der Waals surface area contributed by atoms with E-state index in [1.165, 1.54) is 11.8 Å². The molecule has 1 aliphatic heterocycles. The first-order valence-corrected chi connectivity index (χ1v) is 10.3. The molecule has 3 rings (SSSR count). The summed E-state index contributed by atoms with van der Waals surface area (Å²) < 4.78 is 5.34. The lowest BCUT2D eigenvalue weighted by Gasteiger charge is -2.17. The summed E-state index contributed by atoms with van der Waals surface area (Å²) in [6, 6.07) is 15.7. The number of para-hydroxylation sites is 1. The molecule has 28 heavy (non-hydrogen) atoms. The minimum Gasteiger partial charge on any atom is -0.496 e. The molecular formula is C22H25N3O2S. The van der Waals surface area contributed by atoms with Crippen molar-refractivity contribution < 1.29 is 9.53 Å². The van der Waals surface area contributed by atoms with Crippen molar-refractivity contribution in [1.82, 2.24) is 4.90 Å². The number of nitrogens with zero attached hydrogens (tertiary/aromatic N) is 3. The van der Waals surface area contributed by atoms with Gasteiger partial charge in [0.2, 0.25) is 5.91 Å². The van der Waals surface area contributed by atoms with E-state index in [0.717, 1.165) is 35.3 Å². The third-order valence-corrected chi connectivity index (χ3v) is 5.87. The lowest BCUT2D eigenvalue weighted by atomic mass is 10.1. The second kappa shape index (κ2) is 9.55. The molecule has 2 aromatic carbocycles. The summed E-state index contributed by atoms with van der Waals surface area (Å²) in [7, 11) is 1.63. The number of carbonyl (C=O) groups is 1. The Bertz CT molecular complexity index is 895. The first-order valence-electron chi connectivity index (χ1n) is 9.40. The van der Waals surface area contributed by atoms with E-state index in [2.05, 4.69) is 36.2 Å². The number of aryl methyl sites for hydroxylation is 1. The molecule has 5 nitrogen and oxygen atoms in total. The van der Waals surface area contributed by atoms with Gasteiger partial charge in [-0.3, -0.25) is 9.69 Å². The fraction of sp³-hybridized carbons (Fsp3) is 0.318. The maximum absolute atomic E-state index is 12.9. The van der Waals surface area contributed by atoms with Crippen LogP contribution in [0.25, 0.3) is 0 Å². The zero-order valence-corrected chi connectivity index (χ0v) is 17.3. The number of benzene rings is 2. The Morgan fingerprint density at radius 1 is 1.18 bits per heavy atom. The molecule has 1 fully saturated rings. The second-order valence-electron chi connectivity index (χ2n) is 6.62. The maximum Gasteiger partial charge on any atom is 0.242 e. The Kier molecular flexibility index (Phi) is 6.87. The zero-order chi connectivity index (χ0) is 19.9. The van der Waals surface area contributed by atoms with Gasteiger partial charge in [-0.1, -0.05) is 61.5 Å². The molecule has 0 unspecified atom stereocenters. The van der Waals surface area contributed by atoms with Gasteiger partial charge >= 0.3 is 0 Å². The van der Waals surface area contributed by atoms with Crippen LogP contribution in [0.5, 0.6) is 5.75 Å². The molecule has 0 saturated carbocycles. The molecule has 0 N–H and O–H groups in total. The molecule has 0 spiro atoms. The number of methoxy groups -OCH3 is 1. The van der Waals surface area contributed by atoms with Crippen LogP contribution in [0, 0.1) is 6.92 Å². The SMILES string of the molecule is CCC[C@@H]1S/C(=N/N=C\c2ccccc2OC)N(Cc2ccccc2C)C1=O. The van der Waals surface area contributed by atoms with Crippen LogP contribution in [0.1, 0.15) is 36.5 Å². The second-order valence-corrected chi connectivity index (χ2v) is 7.79. The fourth-order valence-corrected chi connectivity index (χ4v) is 4.26. The van der Waals surface area contributed by atoms with E-state index in [9.17, 15) is 4.79 Å². The zero-order valence-electron chi connectivity index (χ0n) is 16.5. The summed E-state index contributed by atoms with van der Waals surface area (Å²) in [4.78, 5) is 14.7. The lowest BCUT2D eigenvalue weighted by molar-refractivity contribution is -0.126. The van der Waals surface area contributed by atoms with E-state index < -0.39 is 0 Å². The molecule has 0 aromatic heterocycles. The summed E-state index contributed by atoms with van der Waals surface area (Å²) in [5.41, 5.74) is 3.13. The molecule has 6 heteroatoms. The minimum absolute atomic E-state index is 0.0887. The van der Waals surface area contributed by atoms with Crippen LogP contribution in [0.2, 0.25) is 0 Å². The van der Waals surface area contributed by atoms with Crippen LogP contribution < -0.4 is 4.74 Å². The van der Waals surface area contributed by atoms with Gasteiger partial charge in [0.25, 0.3) is 0 Å². The average molecular weight is 396 g/mol. The summed E-state index contributed by atoms with van der Waals surface area (Å²) in [5.74, 6) is 0.851. The third-order valence-electron chi connectivity index (χ3n) is 4.64. The van der Waals surface area contributed by atoms with Crippen molar-refractivity contribution in [2.24, 2.45) is 10.2 Å². The normalized spacial score (nSPS) is 18.4. The van der Waals surface area contributed by atoms with Crippen LogP contribution in [-0.2, 0) is 11.3 Å². The highest BCUT2D eigenvalue weighted by Crippen LogP contribution is 2.32. The van der Waals surface area contributed by atoms with Gasteiger partial charge in [-0.05, 0) is 36.6 Å². The molecule has 0 radical (unpaired) electrons. The van der Waals surface area contributed by atoms with Gasteiger partial charge in [0.15, 0.2) is 5.17 Å². The van der Waals surface area contributed by atoms with Crippen LogP contribution >= 0.6 is 11.8 Å². The lowest BCUT2D eigenvalue weighted by Crippen LogP contribution is -2.31. The molecule has 146 valence electrons. The summed E-state index contributed by atoms with van der Waals surface area (Å²) in [5, 5.41) is 9.19. The van der Waals surface area contributed by atoms with Gasteiger partial charge in [-0.2, -0.15) is 5.10 Å². The molecule has 2 aromatic rings. The van der Waals surface area contributed by atoms with Gasteiger partial charge in [0, 0.05) is 5.56 Å². The molecule has 1 saturated heterocycles. The smallest absolute Gasteiger partial charge is 0.242 e. The number of carbonyl (C=O) groups excluding carboxylic acids is 1. The van der Waals surface area contributed by atoms with E-state index in [0.29, 0.717) is 11.7 Å². The molecular weight excluding hydrogens is 370 g/mol. The van der Waals surface area contributed by atoms with Crippen molar-refractivity contribution in [1.29, 1.82) is 0 Å². The van der Waals surface area contributed by atoms with Gasteiger partial charge in [0.1, 0.15) is 5.75 Å². The molecule has 1 atom stereocenters. The van der Waals surface area contributed by atoms with E-state index in [4.69, 9.17) is 4.74 Å². The predicted octanol–water partition coefficient (Wildman–Crippen LogP) is 4.64. The Balaban J connectivity index is 1.85. The predicted molar refractivity (Wildman–Crippen MR) is 116 cm³/mol. The first kappa shape index (κ1) is 20.1. The van der Waals surface area contributed by atoms with Gasteiger partial charge in [-0.25, -0.2) is 0 Å². The highest BCUT2D eigenvalue weighted by Gasteiger charge is 2.37. The van der Waals surface area contributed by atoms with Gasteiger partial charge < -0.3 is 4.74 Å². The quantitative estimate of drug-likeness (QED) is 0.507. The fourth-order valence-electron chi connectivity index (χ4n) is 3.05. The first-order chi connectivity index (χ1) is 13.6. The summed E-state index contributed by atoms with van der Waals surface area (Å²) in [6.07, 6.45) is 3.46. The number of amidine groups is 1. The molecule has 1 amide bonds. The number of amides is 1. The average Bonchev–Trinajstić information content (AvgIpc) is 2.99. The molecule has 1 heterocycles. The number of hydrogen-bond donors (Lipinski definition) is 0. The van der Waals surface area contributed by atoms with Crippen molar-refractivity contribution in [3.8, 4) is 5.75 Å². The number of thioether (sulfide) groups is 1. The van der Waals surface area contributed by atoms with Gasteiger partial charge in [0.05, 0.1) is 25.1 Å². The van der Waals surface area contributed by atoms with Crippen molar-refractivity contribution in [3.63, 3.8) is 0 Å². The molecule has 0 aliphatic carbocycles. The Morgan fingerprint density at radius 2 is 1.93 bits per heavy atom. The van der Waals surface area contributed by atoms with E-state index in [1.807, 2.05) is 36.4 Å². The topological polar surface area (TPSA) is 54.3 Å². The minimum atomic E-state index is -0.0887. The molecule has 0 bridgehead atoms. The maximum atomic E-state index is 12.9. The van der Waals surface area contributed by atoms with Crippen LogP contribution in [0.15, 0.2) is 58.7 Å². The van der Waals surface area contributed by atoms with Crippen LogP contribution in [-0.4, -0.2) is 34.5 Å². The van der Waals surface area contributed by atoms with Crippen LogP contribution in [0.4, 0.5) is 0 Å². The Hall–Kier alpha value is -2.60. The number of hydrogen-bond acceptors (Lipinski definition) is 5. The van der Waals surface area contributed by atoms with E-state index >= 15 is 0 Å². The van der Waals surface area contributed by atoms with Crippen molar-refractivity contribution in [2.75, 3.05) is 7.11 Å². The summed E-state index contributed by atoms with van der Waals surface area (Å²) >= 11 is 1.50. The Morgan fingerprint density at radius 3 is 2.68 bits per heavy atom. The van der Waals surface area contributed by atoms with Crippen LogP contribution in [0.3, 0.4) is 0 Å². The van der Waals surface area contributed by atoms with Crippen molar-refractivity contribution in [2.45, 2.75) is 38.5 Å². The van der Waals surface area contributed by atoms with E-state index in [-0.39, 0.29) is 11.2 Å². The van der Waals surface area contributed by atoms with Crippen molar-refractivity contribution in [3.05, 3.63) is 65.2 Å².